The van der Waals surface area contributed by atoms with E-state index in [0.717, 1.165) is 55.6 Å². The third-order valence-corrected chi connectivity index (χ3v) is 6.90. The number of fused-ring (bicyclic) bond motifs is 1. The number of anilines is 2. The number of nitrogens with one attached hydrogen (secondary N) is 1. The highest BCUT2D eigenvalue weighted by Gasteiger charge is 2.27. The first kappa shape index (κ1) is 19.4. The third-order valence-electron chi connectivity index (χ3n) is 5.73. The van der Waals surface area contributed by atoms with Crippen LogP contribution in [0.4, 0.5) is 16.4 Å². The number of nitriles is 1. The first-order chi connectivity index (χ1) is 14.0. The summed E-state index contributed by atoms with van der Waals surface area (Å²) >= 11 is 1.45. The molecule has 29 heavy (non-hydrogen) atoms. The Hall–Kier alpha value is -2.92. The Morgan fingerprint density at radius 2 is 2.14 bits per heavy atom. The lowest BCUT2D eigenvalue weighted by molar-refractivity contribution is -0.384. The number of hydrogen-bond acceptors (Lipinski definition) is 6. The molecule has 4 rings (SSSR count). The highest BCUT2D eigenvalue weighted by atomic mass is 32.1. The van der Waals surface area contributed by atoms with Crippen LogP contribution in [0, 0.1) is 27.4 Å². The first-order valence-electron chi connectivity index (χ1n) is 9.87. The summed E-state index contributed by atoms with van der Waals surface area (Å²) in [6.07, 6.45) is 4.83. The van der Waals surface area contributed by atoms with Crippen LogP contribution in [0.3, 0.4) is 0 Å². The minimum Gasteiger partial charge on any atom is -0.366 e. The molecule has 1 aliphatic heterocycles. The number of thiophene rings is 1. The maximum absolute atomic E-state index is 12.8. The van der Waals surface area contributed by atoms with Crippen molar-refractivity contribution in [2.45, 2.75) is 39.0 Å². The summed E-state index contributed by atoms with van der Waals surface area (Å²) in [7, 11) is 0. The van der Waals surface area contributed by atoms with Crippen LogP contribution in [0.2, 0.25) is 0 Å². The molecule has 2 aliphatic rings. The Morgan fingerprint density at radius 1 is 1.38 bits per heavy atom. The van der Waals surface area contributed by atoms with Gasteiger partial charge in [-0.25, -0.2) is 0 Å². The molecule has 0 saturated carbocycles. The van der Waals surface area contributed by atoms with E-state index in [1.165, 1.54) is 17.4 Å². The SMILES string of the molecule is CC1CCc2c(sc(NC(=O)c3ccc(N4CCCC4)c([N+](=O)[O-])c3)c2C#N)C1. The Kier molecular flexibility index (Phi) is 5.24. The van der Waals surface area contributed by atoms with Gasteiger partial charge in [0.15, 0.2) is 0 Å². The number of benzene rings is 1. The predicted molar refractivity (Wildman–Crippen MR) is 113 cm³/mol. The fourth-order valence-corrected chi connectivity index (χ4v) is 5.52. The molecule has 0 radical (unpaired) electrons. The smallest absolute Gasteiger partial charge is 0.293 e. The molecule has 1 N–H and O–H groups in total. The number of carbonyl (C=O) groups is 1. The normalized spacial score (nSPS) is 18.2. The fraction of sp³-hybridized carbons (Fsp3) is 0.429. The van der Waals surface area contributed by atoms with Crippen molar-refractivity contribution < 1.29 is 9.72 Å². The van der Waals surface area contributed by atoms with Crippen LogP contribution in [-0.4, -0.2) is 23.9 Å². The van der Waals surface area contributed by atoms with Gasteiger partial charge in [0.1, 0.15) is 16.8 Å². The number of amides is 1. The van der Waals surface area contributed by atoms with Crippen molar-refractivity contribution >= 4 is 33.6 Å². The van der Waals surface area contributed by atoms with E-state index >= 15 is 0 Å². The molecule has 2 aromatic rings. The summed E-state index contributed by atoms with van der Waals surface area (Å²) in [5, 5.41) is 24.5. The summed E-state index contributed by atoms with van der Waals surface area (Å²) in [5.41, 5.74) is 2.31. The van der Waals surface area contributed by atoms with Gasteiger partial charge in [0.2, 0.25) is 0 Å². The Morgan fingerprint density at radius 3 is 2.83 bits per heavy atom. The molecule has 1 fully saturated rings. The van der Waals surface area contributed by atoms with E-state index < -0.39 is 10.8 Å². The molecule has 7 nitrogen and oxygen atoms in total. The second-order valence-corrected chi connectivity index (χ2v) is 8.88. The molecule has 0 spiro atoms. The van der Waals surface area contributed by atoms with Gasteiger partial charge < -0.3 is 10.2 Å². The van der Waals surface area contributed by atoms with Crippen LogP contribution in [0.1, 0.15) is 52.5 Å². The van der Waals surface area contributed by atoms with Gasteiger partial charge in [0.25, 0.3) is 11.6 Å². The van der Waals surface area contributed by atoms with Crippen LogP contribution < -0.4 is 10.2 Å². The Bertz CT molecular complexity index is 1020. The molecule has 2 heterocycles. The number of nitro groups is 1. The van der Waals surface area contributed by atoms with Crippen molar-refractivity contribution in [2.24, 2.45) is 5.92 Å². The minimum atomic E-state index is -0.434. The number of rotatable bonds is 4. The van der Waals surface area contributed by atoms with Gasteiger partial charge in [-0.05, 0) is 55.7 Å². The molecule has 1 aromatic heterocycles. The van der Waals surface area contributed by atoms with Gasteiger partial charge in [-0.3, -0.25) is 14.9 Å². The van der Waals surface area contributed by atoms with Crippen molar-refractivity contribution in [3.8, 4) is 6.07 Å². The van der Waals surface area contributed by atoms with Gasteiger partial charge in [0, 0.05) is 29.6 Å². The van der Waals surface area contributed by atoms with Crippen LogP contribution in [-0.2, 0) is 12.8 Å². The minimum absolute atomic E-state index is 0.0562. The summed E-state index contributed by atoms with van der Waals surface area (Å²) in [5.74, 6) is 0.140. The zero-order valence-corrected chi connectivity index (χ0v) is 17.1. The fourth-order valence-electron chi connectivity index (χ4n) is 4.17. The third kappa shape index (κ3) is 3.70. The van der Waals surface area contributed by atoms with Crippen LogP contribution >= 0.6 is 11.3 Å². The Balaban J connectivity index is 1.62. The highest BCUT2D eigenvalue weighted by Crippen LogP contribution is 2.39. The summed E-state index contributed by atoms with van der Waals surface area (Å²) in [6, 6.07) is 6.85. The molecular formula is C21H22N4O3S. The maximum atomic E-state index is 12.8. The molecule has 1 aromatic carbocycles. The summed E-state index contributed by atoms with van der Waals surface area (Å²) in [6.45, 7) is 3.77. The molecular weight excluding hydrogens is 388 g/mol. The van der Waals surface area contributed by atoms with Crippen molar-refractivity contribution in [3.05, 3.63) is 49.9 Å². The zero-order chi connectivity index (χ0) is 20.5. The van der Waals surface area contributed by atoms with Crippen molar-refractivity contribution in [3.63, 3.8) is 0 Å². The predicted octanol–water partition coefficient (Wildman–Crippen LogP) is 4.51. The van der Waals surface area contributed by atoms with Gasteiger partial charge in [-0.1, -0.05) is 6.92 Å². The first-order valence-corrected chi connectivity index (χ1v) is 10.7. The van der Waals surface area contributed by atoms with E-state index in [1.54, 1.807) is 12.1 Å². The molecule has 0 bridgehead atoms. The standard InChI is InChI=1S/C21H22N4O3S/c1-13-4-6-15-16(12-22)21(29-19(15)10-13)23-20(26)14-5-7-17(18(11-14)25(27)28)24-8-2-3-9-24/h5,7,11,13H,2-4,6,8-10H2,1H3,(H,23,26). The van der Waals surface area contributed by atoms with Crippen molar-refractivity contribution in [1.82, 2.24) is 0 Å². The lowest BCUT2D eigenvalue weighted by Crippen LogP contribution is -2.19. The zero-order valence-electron chi connectivity index (χ0n) is 16.2. The number of carbonyl (C=O) groups excluding carboxylic acids is 1. The van der Waals surface area contributed by atoms with E-state index in [1.807, 2.05) is 4.90 Å². The topological polar surface area (TPSA) is 99.3 Å². The number of nitrogens with zero attached hydrogens (tertiary/aromatic N) is 3. The van der Waals surface area contributed by atoms with Gasteiger partial charge >= 0.3 is 0 Å². The van der Waals surface area contributed by atoms with Crippen molar-refractivity contribution in [1.29, 1.82) is 5.26 Å². The van der Waals surface area contributed by atoms with Gasteiger partial charge in [-0.15, -0.1) is 11.3 Å². The van der Waals surface area contributed by atoms with E-state index in [4.69, 9.17) is 0 Å². The summed E-state index contributed by atoms with van der Waals surface area (Å²) < 4.78 is 0. The second-order valence-electron chi connectivity index (χ2n) is 7.78. The second kappa shape index (κ2) is 7.84. The molecule has 1 unspecified atom stereocenters. The number of hydrogen-bond donors (Lipinski definition) is 1. The Labute approximate surface area is 173 Å². The monoisotopic (exact) mass is 410 g/mol. The van der Waals surface area contributed by atoms with Crippen LogP contribution in [0.15, 0.2) is 18.2 Å². The molecule has 8 heteroatoms. The molecule has 1 atom stereocenters. The lowest BCUT2D eigenvalue weighted by atomic mass is 9.88. The van der Waals surface area contributed by atoms with Gasteiger partial charge in [-0.2, -0.15) is 5.26 Å². The maximum Gasteiger partial charge on any atom is 0.293 e. The molecule has 1 aliphatic carbocycles. The largest absolute Gasteiger partial charge is 0.366 e. The van der Waals surface area contributed by atoms with E-state index in [2.05, 4.69) is 18.3 Å². The van der Waals surface area contributed by atoms with E-state index in [-0.39, 0.29) is 11.3 Å². The highest BCUT2D eigenvalue weighted by molar-refractivity contribution is 7.16. The van der Waals surface area contributed by atoms with Crippen LogP contribution in [0.25, 0.3) is 0 Å². The lowest BCUT2D eigenvalue weighted by Gasteiger charge is -2.17. The number of nitro benzene ring substituents is 1. The quantitative estimate of drug-likeness (QED) is 0.591. The molecule has 150 valence electrons. The average molecular weight is 410 g/mol. The van der Waals surface area contributed by atoms with Crippen LogP contribution in [0.5, 0.6) is 0 Å². The van der Waals surface area contributed by atoms with Gasteiger partial charge in [0.05, 0.1) is 10.5 Å². The van der Waals surface area contributed by atoms with E-state index in [0.29, 0.717) is 22.2 Å². The average Bonchev–Trinajstić information content (AvgIpc) is 3.34. The molecule has 1 saturated heterocycles. The molecule has 1 amide bonds. The van der Waals surface area contributed by atoms with E-state index in [9.17, 15) is 20.2 Å². The summed E-state index contributed by atoms with van der Waals surface area (Å²) in [4.78, 5) is 27.1. The van der Waals surface area contributed by atoms with Crippen molar-refractivity contribution in [2.75, 3.05) is 23.3 Å².